The van der Waals surface area contributed by atoms with Gasteiger partial charge in [0.2, 0.25) is 0 Å². The molecule has 0 spiro atoms. The Morgan fingerprint density at radius 2 is 1.92 bits per heavy atom. The molecular formula is C19H18ClN3OS. The monoisotopic (exact) mass is 371 g/mol. The fourth-order valence-electron chi connectivity index (χ4n) is 3.03. The number of nitrogens with one attached hydrogen (secondary N) is 1. The molecule has 0 atom stereocenters. The van der Waals surface area contributed by atoms with Gasteiger partial charge in [0, 0.05) is 18.7 Å². The second-order valence-electron chi connectivity index (χ2n) is 6.16. The third kappa shape index (κ3) is 3.48. The summed E-state index contributed by atoms with van der Waals surface area (Å²) in [5, 5.41) is 4.45. The van der Waals surface area contributed by atoms with Crippen LogP contribution >= 0.6 is 22.9 Å². The van der Waals surface area contributed by atoms with Crippen molar-refractivity contribution >= 4 is 49.9 Å². The lowest BCUT2D eigenvalue weighted by molar-refractivity contribution is 0.102. The molecule has 0 radical (unpaired) electrons. The summed E-state index contributed by atoms with van der Waals surface area (Å²) in [6.45, 7) is 2.14. The summed E-state index contributed by atoms with van der Waals surface area (Å²) < 4.78 is 1.03. The average molecular weight is 372 g/mol. The standard InChI is InChI=1S/C19H18ClN3OS/c20-14-6-2-3-7-15(14)21-18(24)13-8-9-16-17(12-13)25-19(22-16)23-10-4-1-5-11-23/h2-3,6-9,12H,1,4-5,10-11H2,(H,21,24). The zero-order valence-corrected chi connectivity index (χ0v) is 15.2. The van der Waals surface area contributed by atoms with Crippen LogP contribution in [0.4, 0.5) is 10.8 Å². The summed E-state index contributed by atoms with van der Waals surface area (Å²) >= 11 is 7.77. The number of rotatable bonds is 3. The first-order valence-corrected chi connectivity index (χ1v) is 9.61. The molecule has 128 valence electrons. The van der Waals surface area contributed by atoms with E-state index in [4.69, 9.17) is 16.6 Å². The maximum atomic E-state index is 12.5. The number of piperidine rings is 1. The highest BCUT2D eigenvalue weighted by Gasteiger charge is 2.16. The third-order valence-corrected chi connectivity index (χ3v) is 5.80. The summed E-state index contributed by atoms with van der Waals surface area (Å²) in [5.41, 5.74) is 2.17. The first-order chi connectivity index (χ1) is 12.2. The van der Waals surface area contributed by atoms with E-state index in [1.165, 1.54) is 19.3 Å². The molecule has 4 nitrogen and oxygen atoms in total. The topological polar surface area (TPSA) is 45.2 Å². The number of thiazole rings is 1. The Morgan fingerprint density at radius 3 is 2.72 bits per heavy atom. The van der Waals surface area contributed by atoms with Crippen molar-refractivity contribution in [3.8, 4) is 0 Å². The van der Waals surface area contributed by atoms with E-state index in [0.717, 1.165) is 28.4 Å². The van der Waals surface area contributed by atoms with Crippen LogP contribution in [-0.2, 0) is 0 Å². The Hall–Kier alpha value is -2.11. The summed E-state index contributed by atoms with van der Waals surface area (Å²) in [7, 11) is 0. The molecule has 2 aromatic carbocycles. The van der Waals surface area contributed by atoms with E-state index in [-0.39, 0.29) is 5.91 Å². The number of hydrogen-bond acceptors (Lipinski definition) is 4. The quantitative estimate of drug-likeness (QED) is 0.688. The summed E-state index contributed by atoms with van der Waals surface area (Å²) in [5.74, 6) is -0.164. The van der Waals surface area contributed by atoms with Crippen molar-refractivity contribution < 1.29 is 4.79 Å². The molecule has 3 aromatic rings. The maximum absolute atomic E-state index is 12.5. The number of amides is 1. The number of hydrogen-bond donors (Lipinski definition) is 1. The van der Waals surface area contributed by atoms with Gasteiger partial charge in [0.25, 0.3) is 5.91 Å². The van der Waals surface area contributed by atoms with Crippen molar-refractivity contribution in [1.82, 2.24) is 4.98 Å². The summed E-state index contributed by atoms with van der Waals surface area (Å²) in [4.78, 5) is 19.6. The van der Waals surface area contributed by atoms with Crippen LogP contribution < -0.4 is 10.2 Å². The van der Waals surface area contributed by atoms with Gasteiger partial charge < -0.3 is 10.2 Å². The molecule has 6 heteroatoms. The van der Waals surface area contributed by atoms with Gasteiger partial charge in [-0.3, -0.25) is 4.79 Å². The third-order valence-electron chi connectivity index (χ3n) is 4.39. The molecule has 4 rings (SSSR count). The van der Waals surface area contributed by atoms with E-state index in [1.807, 2.05) is 30.3 Å². The van der Waals surface area contributed by atoms with Crippen molar-refractivity contribution in [3.63, 3.8) is 0 Å². The van der Waals surface area contributed by atoms with E-state index in [9.17, 15) is 4.79 Å². The van der Waals surface area contributed by atoms with Gasteiger partial charge in [-0.25, -0.2) is 4.98 Å². The number of carbonyl (C=O) groups excluding carboxylic acids is 1. The minimum absolute atomic E-state index is 0.164. The highest BCUT2D eigenvalue weighted by molar-refractivity contribution is 7.22. The molecule has 1 amide bonds. The van der Waals surface area contributed by atoms with Crippen LogP contribution in [0.15, 0.2) is 42.5 Å². The maximum Gasteiger partial charge on any atom is 0.255 e. The van der Waals surface area contributed by atoms with Crippen LogP contribution in [0.3, 0.4) is 0 Å². The molecule has 1 saturated heterocycles. The van der Waals surface area contributed by atoms with Crippen molar-refractivity contribution in [2.24, 2.45) is 0 Å². The molecule has 1 aromatic heterocycles. The molecule has 1 fully saturated rings. The fraction of sp³-hybridized carbons (Fsp3) is 0.263. The highest BCUT2D eigenvalue weighted by atomic mass is 35.5. The summed E-state index contributed by atoms with van der Waals surface area (Å²) in [6.07, 6.45) is 3.75. The summed E-state index contributed by atoms with van der Waals surface area (Å²) in [6, 6.07) is 12.9. The molecule has 1 aliphatic rings. The van der Waals surface area contributed by atoms with Gasteiger partial charge in [0.15, 0.2) is 5.13 Å². The predicted molar refractivity (Wildman–Crippen MR) is 105 cm³/mol. The number of nitrogens with zero attached hydrogens (tertiary/aromatic N) is 2. The molecule has 1 N–H and O–H groups in total. The van der Waals surface area contributed by atoms with Gasteiger partial charge in [0.05, 0.1) is 20.9 Å². The van der Waals surface area contributed by atoms with Gasteiger partial charge in [-0.1, -0.05) is 35.1 Å². The normalized spacial score (nSPS) is 14.7. The number of aromatic nitrogens is 1. The van der Waals surface area contributed by atoms with E-state index < -0.39 is 0 Å². The van der Waals surface area contributed by atoms with Gasteiger partial charge in [-0.2, -0.15) is 0 Å². The second kappa shape index (κ2) is 7.02. The molecule has 2 heterocycles. The highest BCUT2D eigenvalue weighted by Crippen LogP contribution is 2.31. The Kier molecular flexibility index (Phi) is 4.59. The molecule has 0 aliphatic carbocycles. The molecule has 0 unspecified atom stereocenters. The van der Waals surface area contributed by atoms with E-state index in [0.29, 0.717) is 16.3 Å². The van der Waals surface area contributed by atoms with Crippen LogP contribution in [-0.4, -0.2) is 24.0 Å². The minimum atomic E-state index is -0.164. The smallest absolute Gasteiger partial charge is 0.255 e. The molecular weight excluding hydrogens is 354 g/mol. The molecule has 0 saturated carbocycles. The van der Waals surface area contributed by atoms with Gasteiger partial charge in [-0.05, 0) is 49.6 Å². The van der Waals surface area contributed by atoms with Crippen molar-refractivity contribution in [3.05, 3.63) is 53.1 Å². The van der Waals surface area contributed by atoms with Gasteiger partial charge >= 0.3 is 0 Å². The lowest BCUT2D eigenvalue weighted by Crippen LogP contribution is -2.29. The number of anilines is 2. The number of carbonyl (C=O) groups is 1. The van der Waals surface area contributed by atoms with Crippen LogP contribution in [0.1, 0.15) is 29.6 Å². The molecule has 25 heavy (non-hydrogen) atoms. The molecule has 0 bridgehead atoms. The van der Waals surface area contributed by atoms with Crippen molar-refractivity contribution in [2.75, 3.05) is 23.3 Å². The minimum Gasteiger partial charge on any atom is -0.348 e. The molecule has 1 aliphatic heterocycles. The fourth-order valence-corrected chi connectivity index (χ4v) is 4.27. The lowest BCUT2D eigenvalue weighted by atomic mass is 10.1. The first-order valence-electron chi connectivity index (χ1n) is 8.42. The average Bonchev–Trinajstić information content (AvgIpc) is 3.07. The van der Waals surface area contributed by atoms with Crippen molar-refractivity contribution in [1.29, 1.82) is 0 Å². The largest absolute Gasteiger partial charge is 0.348 e. The lowest BCUT2D eigenvalue weighted by Gasteiger charge is -2.25. The number of para-hydroxylation sites is 1. The Balaban J connectivity index is 1.58. The van der Waals surface area contributed by atoms with Crippen LogP contribution in [0.25, 0.3) is 10.2 Å². The Labute approximate surface area is 155 Å². The zero-order chi connectivity index (χ0) is 17.2. The first kappa shape index (κ1) is 16.4. The Bertz CT molecular complexity index is 918. The van der Waals surface area contributed by atoms with Gasteiger partial charge in [-0.15, -0.1) is 0 Å². The SMILES string of the molecule is O=C(Nc1ccccc1Cl)c1ccc2nc(N3CCCCC3)sc2c1. The van der Waals surface area contributed by atoms with Crippen LogP contribution in [0, 0.1) is 0 Å². The van der Waals surface area contributed by atoms with E-state index in [1.54, 1.807) is 23.5 Å². The second-order valence-corrected chi connectivity index (χ2v) is 7.58. The van der Waals surface area contributed by atoms with E-state index >= 15 is 0 Å². The number of fused-ring (bicyclic) bond motifs is 1. The predicted octanol–water partition coefficient (Wildman–Crippen LogP) is 5.19. The van der Waals surface area contributed by atoms with E-state index in [2.05, 4.69) is 10.2 Å². The Morgan fingerprint density at radius 1 is 1.12 bits per heavy atom. The zero-order valence-electron chi connectivity index (χ0n) is 13.7. The van der Waals surface area contributed by atoms with Crippen molar-refractivity contribution in [2.45, 2.75) is 19.3 Å². The number of halogens is 1. The van der Waals surface area contributed by atoms with Crippen LogP contribution in [0.2, 0.25) is 5.02 Å². The van der Waals surface area contributed by atoms with Gasteiger partial charge in [0.1, 0.15) is 0 Å². The van der Waals surface area contributed by atoms with Crippen LogP contribution in [0.5, 0.6) is 0 Å². The number of benzene rings is 2.